The van der Waals surface area contributed by atoms with Crippen molar-refractivity contribution in [3.05, 3.63) is 33.9 Å². The Hall–Kier alpha value is -1.67. The highest BCUT2D eigenvalue weighted by Gasteiger charge is 2.24. The highest BCUT2D eigenvalue weighted by Crippen LogP contribution is 2.26. The zero-order chi connectivity index (χ0) is 14.8. The molecule has 0 bridgehead atoms. The molecule has 1 aliphatic heterocycles. The van der Waals surface area contributed by atoms with Crippen molar-refractivity contribution in [2.45, 2.75) is 6.54 Å². The summed E-state index contributed by atoms with van der Waals surface area (Å²) in [7, 11) is -1.17. The van der Waals surface area contributed by atoms with Gasteiger partial charge in [-0.05, 0) is 18.7 Å². The van der Waals surface area contributed by atoms with Crippen LogP contribution in [0.4, 0.5) is 11.4 Å². The van der Waals surface area contributed by atoms with Crippen LogP contribution in [0.3, 0.4) is 0 Å². The summed E-state index contributed by atoms with van der Waals surface area (Å²) < 4.78 is 22.9. The molecule has 20 heavy (non-hydrogen) atoms. The third-order valence-corrected chi connectivity index (χ3v) is 4.94. The van der Waals surface area contributed by atoms with Crippen molar-refractivity contribution < 1.29 is 13.3 Å². The third-order valence-electron chi connectivity index (χ3n) is 3.33. The number of sulfone groups is 1. The summed E-state index contributed by atoms with van der Waals surface area (Å²) in [5, 5.41) is 13.8. The molecule has 8 heteroatoms. The predicted octanol–water partition coefficient (Wildman–Crippen LogP) is 0.549. The summed E-state index contributed by atoms with van der Waals surface area (Å²) in [6.07, 6.45) is 0. The van der Waals surface area contributed by atoms with Crippen molar-refractivity contribution in [1.82, 2.24) is 5.32 Å². The standard InChI is InChI=1S/C12H17N3O4S/c1-13-9-10-8-11(15(16)17)2-3-12(10)14-4-6-20(18,19)7-5-14/h2-3,8,13H,4-7,9H2,1H3. The highest BCUT2D eigenvalue weighted by molar-refractivity contribution is 7.91. The molecule has 0 saturated carbocycles. The van der Waals surface area contributed by atoms with Crippen molar-refractivity contribution in [2.75, 3.05) is 36.5 Å². The van der Waals surface area contributed by atoms with Crippen LogP contribution in [0.2, 0.25) is 0 Å². The lowest BCUT2D eigenvalue weighted by molar-refractivity contribution is -0.384. The second-order valence-electron chi connectivity index (χ2n) is 4.74. The first-order valence-corrected chi connectivity index (χ1v) is 8.12. The van der Waals surface area contributed by atoms with Gasteiger partial charge in [-0.25, -0.2) is 8.42 Å². The molecule has 110 valence electrons. The van der Waals surface area contributed by atoms with E-state index in [1.807, 2.05) is 4.90 Å². The number of rotatable bonds is 4. The first-order chi connectivity index (χ1) is 9.43. The Morgan fingerprint density at radius 3 is 2.55 bits per heavy atom. The summed E-state index contributed by atoms with van der Waals surface area (Å²) in [5.74, 6) is 0.256. The van der Waals surface area contributed by atoms with Gasteiger partial charge < -0.3 is 10.2 Å². The minimum atomic E-state index is -2.94. The lowest BCUT2D eigenvalue weighted by Crippen LogP contribution is -2.40. The molecule has 1 aliphatic rings. The highest BCUT2D eigenvalue weighted by atomic mass is 32.2. The van der Waals surface area contributed by atoms with Gasteiger partial charge in [0, 0.05) is 37.5 Å². The Bertz CT molecular complexity index is 601. The SMILES string of the molecule is CNCc1cc([N+](=O)[O-])ccc1N1CCS(=O)(=O)CC1. The largest absolute Gasteiger partial charge is 0.369 e. The third kappa shape index (κ3) is 3.26. The molecule has 0 aromatic heterocycles. The van der Waals surface area contributed by atoms with E-state index in [4.69, 9.17) is 0 Å². The van der Waals surface area contributed by atoms with Gasteiger partial charge >= 0.3 is 0 Å². The van der Waals surface area contributed by atoms with Crippen LogP contribution in [-0.2, 0) is 16.4 Å². The molecule has 1 saturated heterocycles. The second-order valence-corrected chi connectivity index (χ2v) is 7.04. The Kier molecular flexibility index (Phi) is 4.24. The summed E-state index contributed by atoms with van der Waals surface area (Å²) >= 11 is 0. The number of nitrogens with one attached hydrogen (secondary N) is 1. The van der Waals surface area contributed by atoms with E-state index < -0.39 is 14.8 Å². The molecule has 1 aromatic rings. The average Bonchev–Trinajstić information content (AvgIpc) is 2.39. The molecule has 7 nitrogen and oxygen atoms in total. The quantitative estimate of drug-likeness (QED) is 0.644. The Balaban J connectivity index is 2.29. The van der Waals surface area contributed by atoms with E-state index in [2.05, 4.69) is 5.32 Å². The number of benzene rings is 1. The van der Waals surface area contributed by atoms with Crippen molar-refractivity contribution in [1.29, 1.82) is 0 Å². The zero-order valence-corrected chi connectivity index (χ0v) is 12.0. The van der Waals surface area contributed by atoms with Crippen LogP contribution in [0.15, 0.2) is 18.2 Å². The topological polar surface area (TPSA) is 92.6 Å². The summed E-state index contributed by atoms with van der Waals surface area (Å²) in [4.78, 5) is 12.4. The van der Waals surface area contributed by atoms with Gasteiger partial charge in [-0.1, -0.05) is 0 Å². The first-order valence-electron chi connectivity index (χ1n) is 6.30. The van der Waals surface area contributed by atoms with E-state index in [0.29, 0.717) is 19.6 Å². The number of hydrogen-bond donors (Lipinski definition) is 1. The molecule has 1 heterocycles. The number of nitrogens with zero attached hydrogens (tertiary/aromatic N) is 2. The fourth-order valence-electron chi connectivity index (χ4n) is 2.28. The molecule has 0 unspecified atom stereocenters. The number of non-ortho nitro benzene ring substituents is 1. The van der Waals surface area contributed by atoms with Crippen LogP contribution < -0.4 is 10.2 Å². The van der Waals surface area contributed by atoms with E-state index in [0.717, 1.165) is 11.3 Å². The smallest absolute Gasteiger partial charge is 0.269 e. The predicted molar refractivity (Wildman–Crippen MR) is 76.7 cm³/mol. The molecule has 0 spiro atoms. The zero-order valence-electron chi connectivity index (χ0n) is 11.2. The maximum absolute atomic E-state index is 11.5. The minimum absolute atomic E-state index is 0.0450. The van der Waals surface area contributed by atoms with Crippen molar-refractivity contribution in [2.24, 2.45) is 0 Å². The van der Waals surface area contributed by atoms with Gasteiger partial charge in [0.2, 0.25) is 0 Å². The van der Waals surface area contributed by atoms with Crippen LogP contribution in [-0.4, -0.2) is 45.0 Å². The normalized spacial score (nSPS) is 17.9. The van der Waals surface area contributed by atoms with Crippen LogP contribution >= 0.6 is 0 Å². The number of anilines is 1. The van der Waals surface area contributed by atoms with Crippen molar-refractivity contribution in [3.8, 4) is 0 Å². The van der Waals surface area contributed by atoms with Gasteiger partial charge in [0.15, 0.2) is 9.84 Å². The molecule has 0 radical (unpaired) electrons. The van der Waals surface area contributed by atoms with Gasteiger partial charge in [-0.15, -0.1) is 0 Å². The minimum Gasteiger partial charge on any atom is -0.369 e. The van der Waals surface area contributed by atoms with E-state index in [-0.39, 0.29) is 17.2 Å². The van der Waals surface area contributed by atoms with Gasteiger partial charge in [0.05, 0.1) is 16.4 Å². The van der Waals surface area contributed by atoms with E-state index >= 15 is 0 Å². The average molecular weight is 299 g/mol. The van der Waals surface area contributed by atoms with Crippen molar-refractivity contribution in [3.63, 3.8) is 0 Å². The number of hydrogen-bond acceptors (Lipinski definition) is 6. The van der Waals surface area contributed by atoms with Crippen LogP contribution in [0.1, 0.15) is 5.56 Å². The number of nitro groups is 1. The summed E-state index contributed by atoms with van der Waals surface area (Å²) in [6.45, 7) is 1.36. The molecular formula is C12H17N3O4S. The maximum atomic E-state index is 11.5. The van der Waals surface area contributed by atoms with E-state index in [1.54, 1.807) is 13.1 Å². The van der Waals surface area contributed by atoms with Crippen LogP contribution in [0.25, 0.3) is 0 Å². The maximum Gasteiger partial charge on any atom is 0.269 e. The fourth-order valence-corrected chi connectivity index (χ4v) is 3.48. The fraction of sp³-hybridized carbons (Fsp3) is 0.500. The molecule has 0 amide bonds. The summed E-state index contributed by atoms with van der Waals surface area (Å²) in [5.41, 5.74) is 1.71. The lowest BCUT2D eigenvalue weighted by atomic mass is 10.1. The number of nitro benzene ring substituents is 1. The Labute approximate surface area is 117 Å². The first kappa shape index (κ1) is 14.7. The Morgan fingerprint density at radius 2 is 2.00 bits per heavy atom. The lowest BCUT2D eigenvalue weighted by Gasteiger charge is -2.30. The molecule has 0 atom stereocenters. The van der Waals surface area contributed by atoms with Crippen LogP contribution in [0.5, 0.6) is 0 Å². The van der Waals surface area contributed by atoms with Gasteiger partial charge in [-0.2, -0.15) is 0 Å². The molecule has 1 fully saturated rings. The van der Waals surface area contributed by atoms with Gasteiger partial charge in [-0.3, -0.25) is 10.1 Å². The molecule has 0 aliphatic carbocycles. The van der Waals surface area contributed by atoms with E-state index in [1.165, 1.54) is 12.1 Å². The monoisotopic (exact) mass is 299 g/mol. The molecule has 2 rings (SSSR count). The summed E-state index contributed by atoms with van der Waals surface area (Å²) in [6, 6.07) is 4.69. The Morgan fingerprint density at radius 1 is 1.35 bits per heavy atom. The molecule has 1 aromatic carbocycles. The van der Waals surface area contributed by atoms with E-state index in [9.17, 15) is 18.5 Å². The second kappa shape index (κ2) is 5.76. The molecular weight excluding hydrogens is 282 g/mol. The van der Waals surface area contributed by atoms with Gasteiger partial charge in [0.25, 0.3) is 5.69 Å². The van der Waals surface area contributed by atoms with Crippen molar-refractivity contribution >= 4 is 21.2 Å². The van der Waals surface area contributed by atoms with Crippen LogP contribution in [0, 0.1) is 10.1 Å². The van der Waals surface area contributed by atoms with Gasteiger partial charge in [0.1, 0.15) is 0 Å². The molecule has 1 N–H and O–H groups in total.